The highest BCUT2D eigenvalue weighted by atomic mass is 127. The average molecular weight is 445 g/mol. The molecule has 3 aromatic rings. The second-order valence-electron chi connectivity index (χ2n) is 4.83. The highest BCUT2D eigenvalue weighted by Crippen LogP contribution is 2.31. The molecule has 0 amide bonds. The van der Waals surface area contributed by atoms with E-state index in [1.807, 2.05) is 22.6 Å². The minimum Gasteiger partial charge on any atom is -0.464 e. The van der Waals surface area contributed by atoms with Crippen LogP contribution in [0.25, 0.3) is 11.0 Å². The van der Waals surface area contributed by atoms with Crippen LogP contribution < -0.4 is 5.32 Å². The van der Waals surface area contributed by atoms with Crippen molar-refractivity contribution in [3.05, 3.63) is 44.9 Å². The van der Waals surface area contributed by atoms with Crippen LogP contribution in [0, 0.1) is 22.1 Å². The van der Waals surface area contributed by atoms with Gasteiger partial charge in [0, 0.05) is 3.57 Å². The molecule has 0 atom stereocenters. The molecule has 6 nitrogen and oxygen atoms in total. The van der Waals surface area contributed by atoms with Gasteiger partial charge in [-0.05, 0) is 47.7 Å². The average Bonchev–Trinajstić information content (AvgIpc) is 2.92. The number of fused-ring (bicyclic) bond motifs is 1. The molecule has 0 bridgehead atoms. The van der Waals surface area contributed by atoms with Crippen LogP contribution in [-0.2, 0) is 4.74 Å². The van der Waals surface area contributed by atoms with Crippen molar-refractivity contribution in [2.45, 2.75) is 6.92 Å². The molecule has 0 radical (unpaired) electrons. The van der Waals surface area contributed by atoms with Crippen molar-refractivity contribution in [3.8, 4) is 0 Å². The molecule has 0 saturated heterocycles. The number of pyridine rings is 1. The largest absolute Gasteiger partial charge is 0.464 e. The Hall–Kier alpha value is -2.30. The molecule has 0 fully saturated rings. The maximum Gasteiger partial charge on any atom is 0.358 e. The van der Waals surface area contributed by atoms with E-state index >= 15 is 0 Å². The summed E-state index contributed by atoms with van der Waals surface area (Å²) in [6.07, 6.45) is 0. The highest BCUT2D eigenvalue weighted by Gasteiger charge is 2.25. The zero-order chi connectivity index (χ0) is 17.4. The molecular weight excluding hydrogens is 435 g/mol. The first-order chi connectivity index (χ1) is 11.4. The van der Waals surface area contributed by atoms with Gasteiger partial charge in [0.25, 0.3) is 0 Å². The Balaban J connectivity index is 2.21. The van der Waals surface area contributed by atoms with Crippen LogP contribution in [-0.4, -0.2) is 23.2 Å². The topological polar surface area (TPSA) is 77.2 Å². The molecular formula is C15H10F2IN3O3. The number of hydrogen-bond acceptors (Lipinski definition) is 6. The van der Waals surface area contributed by atoms with Crippen molar-refractivity contribution in [2.24, 2.45) is 0 Å². The molecule has 0 aliphatic carbocycles. The Kier molecular flexibility index (Phi) is 4.35. The number of benzene rings is 1. The lowest BCUT2D eigenvalue weighted by Crippen LogP contribution is -2.11. The van der Waals surface area contributed by atoms with E-state index in [2.05, 4.69) is 20.2 Å². The minimum absolute atomic E-state index is 0.0131. The van der Waals surface area contributed by atoms with Gasteiger partial charge < -0.3 is 14.6 Å². The van der Waals surface area contributed by atoms with Crippen LogP contribution in [0.2, 0.25) is 0 Å². The van der Waals surface area contributed by atoms with Gasteiger partial charge in [0.15, 0.2) is 22.8 Å². The Bertz CT molecular complexity index is 959. The number of aryl methyl sites for hydroxylation is 1. The maximum atomic E-state index is 14.8. The first-order valence-corrected chi connectivity index (χ1v) is 7.76. The fourth-order valence-electron chi connectivity index (χ4n) is 2.12. The lowest BCUT2D eigenvalue weighted by molar-refractivity contribution is 0.0595. The summed E-state index contributed by atoms with van der Waals surface area (Å²) >= 11 is 1.95. The molecule has 1 aromatic carbocycles. The molecule has 0 aliphatic heterocycles. The van der Waals surface area contributed by atoms with Gasteiger partial charge in [0.05, 0.1) is 12.8 Å². The number of carbonyl (C=O) groups is 1. The fraction of sp³-hybridized carbons (Fsp3) is 0.133. The highest BCUT2D eigenvalue weighted by molar-refractivity contribution is 14.1. The summed E-state index contributed by atoms with van der Waals surface area (Å²) in [5.74, 6) is -2.10. The lowest BCUT2D eigenvalue weighted by atomic mass is 10.2. The third kappa shape index (κ3) is 2.79. The van der Waals surface area contributed by atoms with Crippen molar-refractivity contribution in [3.63, 3.8) is 0 Å². The van der Waals surface area contributed by atoms with Crippen molar-refractivity contribution < 1.29 is 22.8 Å². The molecule has 0 aliphatic rings. The van der Waals surface area contributed by atoms with Gasteiger partial charge in [-0.1, -0.05) is 5.16 Å². The van der Waals surface area contributed by atoms with E-state index in [1.165, 1.54) is 19.1 Å². The SMILES string of the molecule is COC(=O)c1nc2c(C)onc2c(F)c1Nc1ccc(I)cc1F. The number of rotatable bonds is 3. The number of hydrogen-bond donors (Lipinski definition) is 1. The quantitative estimate of drug-likeness (QED) is 0.486. The lowest BCUT2D eigenvalue weighted by Gasteiger charge is -2.12. The number of anilines is 2. The van der Waals surface area contributed by atoms with E-state index < -0.39 is 17.6 Å². The summed E-state index contributed by atoms with van der Waals surface area (Å²) in [5, 5.41) is 6.14. The molecule has 24 heavy (non-hydrogen) atoms. The number of ether oxygens (including phenoxy) is 1. The zero-order valence-electron chi connectivity index (χ0n) is 12.5. The molecule has 0 unspecified atom stereocenters. The number of nitrogens with one attached hydrogen (secondary N) is 1. The van der Waals surface area contributed by atoms with E-state index in [1.54, 1.807) is 6.07 Å². The number of halogens is 3. The first-order valence-electron chi connectivity index (χ1n) is 6.68. The van der Waals surface area contributed by atoms with Crippen LogP contribution >= 0.6 is 22.6 Å². The van der Waals surface area contributed by atoms with E-state index in [-0.39, 0.29) is 33.9 Å². The number of nitrogens with zero attached hydrogens (tertiary/aromatic N) is 2. The summed E-state index contributed by atoms with van der Waals surface area (Å²) in [6, 6.07) is 4.33. The molecule has 9 heteroatoms. The molecule has 2 heterocycles. The smallest absolute Gasteiger partial charge is 0.358 e. The summed E-state index contributed by atoms with van der Waals surface area (Å²) in [5.41, 5.74) is -0.731. The number of carbonyl (C=O) groups excluding carboxylic acids is 1. The van der Waals surface area contributed by atoms with Crippen molar-refractivity contribution in [1.82, 2.24) is 10.1 Å². The summed E-state index contributed by atoms with van der Waals surface area (Å²) in [7, 11) is 1.14. The van der Waals surface area contributed by atoms with Crippen LogP contribution in [0.5, 0.6) is 0 Å². The second-order valence-corrected chi connectivity index (χ2v) is 6.07. The number of methoxy groups -OCH3 is 1. The fourth-order valence-corrected chi connectivity index (χ4v) is 2.57. The van der Waals surface area contributed by atoms with Crippen LogP contribution in [0.3, 0.4) is 0 Å². The summed E-state index contributed by atoms with van der Waals surface area (Å²) < 4.78 is 39.0. The van der Waals surface area contributed by atoms with Crippen molar-refractivity contribution in [2.75, 3.05) is 12.4 Å². The van der Waals surface area contributed by atoms with Gasteiger partial charge in [-0.15, -0.1) is 0 Å². The van der Waals surface area contributed by atoms with Crippen LogP contribution in [0.1, 0.15) is 16.2 Å². The van der Waals surface area contributed by atoms with Gasteiger partial charge in [-0.3, -0.25) is 0 Å². The number of aromatic nitrogens is 2. The molecule has 124 valence electrons. The Labute approximate surface area is 148 Å². The van der Waals surface area contributed by atoms with Gasteiger partial charge in [0.2, 0.25) is 0 Å². The van der Waals surface area contributed by atoms with Crippen LogP contribution in [0.15, 0.2) is 22.7 Å². The normalized spacial score (nSPS) is 10.9. The predicted molar refractivity (Wildman–Crippen MR) is 90.2 cm³/mol. The summed E-state index contributed by atoms with van der Waals surface area (Å²) in [6.45, 7) is 1.54. The van der Waals surface area contributed by atoms with Crippen LogP contribution in [0.4, 0.5) is 20.2 Å². The van der Waals surface area contributed by atoms with E-state index in [0.717, 1.165) is 7.11 Å². The van der Waals surface area contributed by atoms with E-state index in [9.17, 15) is 13.6 Å². The molecule has 0 spiro atoms. The molecule has 0 saturated carbocycles. The minimum atomic E-state index is -0.879. The molecule has 1 N–H and O–H groups in total. The third-order valence-electron chi connectivity index (χ3n) is 3.29. The Morgan fingerprint density at radius 3 is 2.75 bits per heavy atom. The van der Waals surface area contributed by atoms with Crippen molar-refractivity contribution in [1.29, 1.82) is 0 Å². The predicted octanol–water partition coefficient (Wildman–Crippen LogP) is 3.94. The standard InChI is InChI=1S/C15H10F2IN3O3/c1-6-11-13(21-24-6)10(17)12(14(20-11)15(22)23-2)19-9-4-3-7(18)5-8(9)16/h3-5,19H,1-2H3. The Morgan fingerprint density at radius 2 is 2.08 bits per heavy atom. The van der Waals surface area contributed by atoms with E-state index in [0.29, 0.717) is 3.57 Å². The van der Waals surface area contributed by atoms with Gasteiger partial charge in [-0.2, -0.15) is 0 Å². The van der Waals surface area contributed by atoms with Gasteiger partial charge >= 0.3 is 5.97 Å². The first kappa shape index (κ1) is 16.6. The monoisotopic (exact) mass is 445 g/mol. The van der Waals surface area contributed by atoms with E-state index in [4.69, 9.17) is 4.52 Å². The molecule has 2 aromatic heterocycles. The molecule has 3 rings (SSSR count). The van der Waals surface area contributed by atoms with Crippen molar-refractivity contribution >= 4 is 51.0 Å². The third-order valence-corrected chi connectivity index (χ3v) is 3.96. The zero-order valence-corrected chi connectivity index (χ0v) is 14.6. The number of esters is 1. The second kappa shape index (κ2) is 6.30. The van der Waals surface area contributed by atoms with Gasteiger partial charge in [-0.25, -0.2) is 18.6 Å². The maximum absolute atomic E-state index is 14.8. The summed E-state index contributed by atoms with van der Waals surface area (Å²) in [4.78, 5) is 16.0. The Morgan fingerprint density at radius 1 is 1.33 bits per heavy atom. The van der Waals surface area contributed by atoms with Gasteiger partial charge in [0.1, 0.15) is 17.0 Å².